The number of carbonyl (C=O) groups excluding carboxylic acids is 3. The van der Waals surface area contributed by atoms with Crippen LogP contribution in [0.2, 0.25) is 0 Å². The van der Waals surface area contributed by atoms with Crippen LogP contribution < -0.4 is 10.6 Å². The summed E-state index contributed by atoms with van der Waals surface area (Å²) in [5, 5.41) is 17.8. The van der Waals surface area contributed by atoms with Crippen LogP contribution in [0.3, 0.4) is 0 Å². The number of nitrogens with zero attached hydrogens (tertiary/aromatic N) is 2. The monoisotopic (exact) mass is 685 g/mol. The lowest BCUT2D eigenvalue weighted by Gasteiger charge is -2.40. The quantitative estimate of drug-likeness (QED) is 0.156. The number of hydrogen-bond donors (Lipinski definition) is 3. The molecule has 9 atom stereocenters. The number of carbonyl (C=O) groups is 3. The van der Waals surface area contributed by atoms with Gasteiger partial charge in [0.1, 0.15) is 6.04 Å². The highest BCUT2D eigenvalue weighted by molar-refractivity contribution is 5.88. The molecule has 2 fully saturated rings. The molecule has 3 N–H and O–H groups in total. The summed E-state index contributed by atoms with van der Waals surface area (Å²) in [5.41, 5.74) is 0.920. The maximum atomic E-state index is 14.1. The molecule has 1 heterocycles. The van der Waals surface area contributed by atoms with Crippen molar-refractivity contribution in [1.82, 2.24) is 20.4 Å². The lowest BCUT2D eigenvalue weighted by atomic mass is 9.88. The molecule has 0 bridgehead atoms. The first-order valence-corrected chi connectivity index (χ1v) is 19.1. The Hall–Kier alpha value is -2.49. The second kappa shape index (κ2) is 19.2. The molecule has 1 saturated heterocycles. The Kier molecular flexibility index (Phi) is 16.0. The first kappa shape index (κ1) is 40.9. The summed E-state index contributed by atoms with van der Waals surface area (Å²) in [7, 11) is 3.43. The van der Waals surface area contributed by atoms with Crippen LogP contribution >= 0.6 is 0 Å². The first-order chi connectivity index (χ1) is 23.2. The van der Waals surface area contributed by atoms with Crippen molar-refractivity contribution in [3.63, 3.8) is 0 Å². The van der Waals surface area contributed by atoms with Gasteiger partial charge in [-0.3, -0.25) is 14.4 Å². The van der Waals surface area contributed by atoms with Gasteiger partial charge in [0.2, 0.25) is 17.7 Å². The molecule has 0 spiro atoms. The molecule has 3 rings (SSSR count). The van der Waals surface area contributed by atoms with Gasteiger partial charge < -0.3 is 30.3 Å². The molecule has 278 valence electrons. The summed E-state index contributed by atoms with van der Waals surface area (Å²) in [6, 6.07) is 9.21. The Morgan fingerprint density at radius 3 is 2.18 bits per heavy atom. The molecule has 0 radical (unpaired) electrons. The number of hydrogen-bond acceptors (Lipinski definition) is 6. The highest BCUT2D eigenvalue weighted by Crippen LogP contribution is 2.39. The summed E-state index contributed by atoms with van der Waals surface area (Å²) in [6.45, 7) is 17.2. The van der Waals surface area contributed by atoms with Gasteiger partial charge >= 0.3 is 0 Å². The van der Waals surface area contributed by atoms with E-state index in [1.54, 1.807) is 19.1 Å². The minimum atomic E-state index is -0.648. The highest BCUT2D eigenvalue weighted by atomic mass is 16.5. The summed E-state index contributed by atoms with van der Waals surface area (Å²) in [4.78, 5) is 44.5. The predicted octanol–water partition coefficient (Wildman–Crippen LogP) is 5.96. The fraction of sp³-hybridized carbons (Fsp3) is 0.775. The maximum absolute atomic E-state index is 14.1. The number of amides is 3. The van der Waals surface area contributed by atoms with E-state index in [9.17, 15) is 19.5 Å². The molecule has 5 unspecified atom stereocenters. The van der Waals surface area contributed by atoms with Gasteiger partial charge in [-0.25, -0.2) is 0 Å². The lowest BCUT2D eigenvalue weighted by Crippen LogP contribution is -2.57. The number of likely N-dealkylation sites (N-methyl/N-ethyl adjacent to an activating group) is 1. The van der Waals surface area contributed by atoms with Gasteiger partial charge in [0.05, 0.1) is 24.7 Å². The van der Waals surface area contributed by atoms with Crippen molar-refractivity contribution in [2.24, 2.45) is 29.6 Å². The lowest BCUT2D eigenvalue weighted by molar-refractivity contribution is -0.146. The van der Waals surface area contributed by atoms with Crippen LogP contribution in [0.25, 0.3) is 0 Å². The zero-order valence-electron chi connectivity index (χ0n) is 32.2. The molecule has 1 aliphatic heterocycles. The SMILES string of the molecule is CCC(C)C(C(CC(=O)N1CCC[C@H]1CC(C)C(N[C@H](C)[C@@H](O)c1ccccc1)C1CC1)OC)N(C)C(=O)[C@@H](NC(=O)CC(C)C)C(C)C. The van der Waals surface area contributed by atoms with E-state index in [0.29, 0.717) is 18.3 Å². The van der Waals surface area contributed by atoms with E-state index < -0.39 is 18.2 Å². The Labute approximate surface area is 297 Å². The molecule has 49 heavy (non-hydrogen) atoms. The molecule has 1 saturated carbocycles. The summed E-state index contributed by atoms with van der Waals surface area (Å²) >= 11 is 0. The summed E-state index contributed by atoms with van der Waals surface area (Å²) in [6.07, 6.45) is 5.58. The molecule has 1 aromatic rings. The van der Waals surface area contributed by atoms with Crippen molar-refractivity contribution in [1.29, 1.82) is 0 Å². The third-order valence-corrected chi connectivity index (χ3v) is 11.1. The number of nitrogens with one attached hydrogen (secondary N) is 2. The van der Waals surface area contributed by atoms with Crippen molar-refractivity contribution >= 4 is 17.7 Å². The van der Waals surface area contributed by atoms with Crippen molar-refractivity contribution < 1.29 is 24.2 Å². The molecule has 9 heteroatoms. The van der Waals surface area contributed by atoms with E-state index in [0.717, 1.165) is 37.8 Å². The van der Waals surface area contributed by atoms with Crippen LogP contribution in [0.1, 0.15) is 118 Å². The molecule has 1 aliphatic carbocycles. The zero-order chi connectivity index (χ0) is 36.4. The maximum Gasteiger partial charge on any atom is 0.245 e. The molecule has 0 aromatic heterocycles. The fourth-order valence-corrected chi connectivity index (χ4v) is 7.89. The third-order valence-electron chi connectivity index (χ3n) is 11.1. The van der Waals surface area contributed by atoms with E-state index >= 15 is 0 Å². The second-order valence-electron chi connectivity index (χ2n) is 16.0. The molecule has 1 aromatic carbocycles. The minimum Gasteiger partial charge on any atom is -0.387 e. The van der Waals surface area contributed by atoms with Crippen LogP contribution in [0.4, 0.5) is 0 Å². The minimum absolute atomic E-state index is 0.0742. The third kappa shape index (κ3) is 11.5. The first-order valence-electron chi connectivity index (χ1n) is 19.1. The van der Waals surface area contributed by atoms with Crippen LogP contribution in [-0.4, -0.2) is 89.6 Å². The number of methoxy groups -OCH3 is 1. The number of benzene rings is 1. The number of likely N-dealkylation sites (tertiary alicyclic amines) is 1. The van der Waals surface area contributed by atoms with Gasteiger partial charge in [-0.1, -0.05) is 85.2 Å². The van der Waals surface area contributed by atoms with E-state index in [4.69, 9.17) is 4.74 Å². The summed E-state index contributed by atoms with van der Waals surface area (Å²) < 4.78 is 6.05. The second-order valence-corrected chi connectivity index (χ2v) is 16.0. The Balaban J connectivity index is 1.70. The molecule has 9 nitrogen and oxygen atoms in total. The van der Waals surface area contributed by atoms with Gasteiger partial charge in [0.25, 0.3) is 0 Å². The van der Waals surface area contributed by atoms with E-state index in [-0.39, 0.29) is 66.1 Å². The number of rotatable bonds is 20. The van der Waals surface area contributed by atoms with Crippen LogP contribution in [0.15, 0.2) is 30.3 Å². The fourth-order valence-electron chi connectivity index (χ4n) is 7.89. The smallest absolute Gasteiger partial charge is 0.245 e. The highest BCUT2D eigenvalue weighted by Gasteiger charge is 2.41. The zero-order valence-corrected chi connectivity index (χ0v) is 32.2. The van der Waals surface area contributed by atoms with Gasteiger partial charge in [0.15, 0.2) is 0 Å². The van der Waals surface area contributed by atoms with Crippen LogP contribution in [0, 0.1) is 29.6 Å². The van der Waals surface area contributed by atoms with Gasteiger partial charge in [-0.2, -0.15) is 0 Å². The van der Waals surface area contributed by atoms with Crippen molar-refractivity contribution in [2.45, 2.75) is 149 Å². The average molecular weight is 685 g/mol. The van der Waals surface area contributed by atoms with Gasteiger partial charge in [0, 0.05) is 45.2 Å². The van der Waals surface area contributed by atoms with E-state index in [2.05, 4.69) is 43.2 Å². The van der Waals surface area contributed by atoms with Crippen LogP contribution in [-0.2, 0) is 19.1 Å². The predicted molar refractivity (Wildman–Crippen MR) is 197 cm³/mol. The number of ether oxygens (including phenoxy) is 1. The van der Waals surface area contributed by atoms with E-state index in [1.165, 1.54) is 12.8 Å². The van der Waals surface area contributed by atoms with Crippen molar-refractivity contribution in [3.05, 3.63) is 35.9 Å². The largest absolute Gasteiger partial charge is 0.387 e. The molecular formula is C40H68N4O5. The Morgan fingerprint density at radius 1 is 0.980 bits per heavy atom. The van der Waals surface area contributed by atoms with Crippen molar-refractivity contribution in [2.75, 3.05) is 20.7 Å². The summed E-state index contributed by atoms with van der Waals surface area (Å²) in [5.74, 6) is 0.931. The van der Waals surface area contributed by atoms with Crippen LogP contribution in [0.5, 0.6) is 0 Å². The topological polar surface area (TPSA) is 111 Å². The van der Waals surface area contributed by atoms with Gasteiger partial charge in [-0.05, 0) is 74.2 Å². The molecular weight excluding hydrogens is 616 g/mol. The number of aliphatic hydroxyl groups is 1. The average Bonchev–Trinajstić information content (AvgIpc) is 3.81. The molecule has 3 amide bonds. The van der Waals surface area contributed by atoms with Gasteiger partial charge in [-0.15, -0.1) is 0 Å². The Morgan fingerprint density at radius 2 is 1.63 bits per heavy atom. The van der Waals surface area contributed by atoms with Crippen molar-refractivity contribution in [3.8, 4) is 0 Å². The Bertz CT molecular complexity index is 1170. The number of aliphatic hydroxyl groups excluding tert-OH is 1. The molecule has 2 aliphatic rings. The van der Waals surface area contributed by atoms with E-state index in [1.807, 2.05) is 58.0 Å². The standard InChI is InChI=1S/C40H68N4O5/c1-11-27(6)38(43(9)40(48)36(26(4)5)42-34(45)22-25(2)3)33(49-10)24-35(46)44-21-15-18-32(44)23-28(7)37(30-19-20-30)41-29(8)39(47)31-16-13-12-14-17-31/h12-14,16-17,25-30,32-33,36-39,41,47H,11,15,18-24H2,1-10H3,(H,42,45)/t27?,28?,29-,32+,33?,36+,37?,38?,39-/m1/s1. The normalized spacial score (nSPS) is 21.5.